The summed E-state index contributed by atoms with van der Waals surface area (Å²) in [6, 6.07) is -0.992. The molecule has 3 aliphatic rings. The van der Waals surface area contributed by atoms with Gasteiger partial charge in [-0.05, 0) is 64.2 Å². The predicted octanol–water partition coefficient (Wildman–Crippen LogP) is 13.7. The van der Waals surface area contributed by atoms with Crippen LogP contribution in [0.5, 0.6) is 0 Å². The number of hydrogen-bond acceptors (Lipinski definition) is 18. The maximum Gasteiger partial charge on any atom is 0.220 e. The van der Waals surface area contributed by atoms with Crippen molar-refractivity contribution in [3.8, 4) is 0 Å². The van der Waals surface area contributed by atoms with Crippen LogP contribution in [0.4, 0.5) is 0 Å². The molecule has 0 aromatic rings. The first-order valence-electron chi connectivity index (χ1n) is 40.9. The molecule has 0 aromatic heterocycles. The molecule has 0 spiro atoms. The quantitative estimate of drug-likeness (QED) is 0.0199. The molecular formula is C81H149NO18. The minimum atomic E-state index is -1.98. The van der Waals surface area contributed by atoms with Crippen LogP contribution in [0.25, 0.3) is 0 Å². The zero-order valence-electron chi connectivity index (χ0n) is 62.7. The highest BCUT2D eigenvalue weighted by atomic mass is 16.8. The first-order valence-corrected chi connectivity index (χ1v) is 40.9. The van der Waals surface area contributed by atoms with Gasteiger partial charge in [0.15, 0.2) is 18.9 Å². The van der Waals surface area contributed by atoms with Crippen LogP contribution in [0, 0.1) is 0 Å². The zero-order valence-corrected chi connectivity index (χ0v) is 62.7. The Hall–Kier alpha value is -2.25. The lowest BCUT2D eigenvalue weighted by molar-refractivity contribution is -0.379. The summed E-state index contributed by atoms with van der Waals surface area (Å²) >= 11 is 0. The van der Waals surface area contributed by atoms with E-state index in [1.807, 2.05) is 6.08 Å². The molecule has 3 saturated heterocycles. The number of allylic oxidation sites excluding steroid dienone is 7. The van der Waals surface area contributed by atoms with Gasteiger partial charge < -0.3 is 89.9 Å². The Morgan fingerprint density at radius 3 is 1.06 bits per heavy atom. The summed E-state index contributed by atoms with van der Waals surface area (Å²) in [7, 11) is 0. The van der Waals surface area contributed by atoms with Crippen molar-refractivity contribution in [1.29, 1.82) is 0 Å². The molecule has 0 saturated carbocycles. The SMILES string of the molecule is CCCCCCC/C=C\C/C=C\CCCCCCCCCCCCCCCCCC(=O)NC(COC1OC(CO)C(OC2OC(CO)C(OC3OC(CO)C(O)C(O)C3O)C(O)C2O)C(O)C1O)C(O)/C=C/CC/C=C/CCCCCCCCCCCCCCCCCCCCCCCC. The van der Waals surface area contributed by atoms with Crippen molar-refractivity contribution in [3.63, 3.8) is 0 Å². The average Bonchev–Trinajstić information content (AvgIpc) is 0.783. The zero-order chi connectivity index (χ0) is 72.5. The monoisotopic (exact) mass is 1420 g/mol. The molecule has 0 radical (unpaired) electrons. The summed E-state index contributed by atoms with van der Waals surface area (Å²) < 4.78 is 34.4. The number of carbonyl (C=O) groups is 1. The maximum absolute atomic E-state index is 13.5. The Kier molecular flexibility index (Phi) is 56.9. The van der Waals surface area contributed by atoms with Crippen molar-refractivity contribution in [1.82, 2.24) is 5.32 Å². The third-order valence-electron chi connectivity index (χ3n) is 20.3. The molecule has 17 unspecified atom stereocenters. The number of aliphatic hydroxyl groups excluding tert-OH is 11. The van der Waals surface area contributed by atoms with Crippen LogP contribution >= 0.6 is 0 Å². The number of amides is 1. The largest absolute Gasteiger partial charge is 0.394 e. The van der Waals surface area contributed by atoms with Gasteiger partial charge in [0.1, 0.15) is 73.2 Å². The van der Waals surface area contributed by atoms with E-state index >= 15 is 0 Å². The second-order valence-corrected chi connectivity index (χ2v) is 29.2. The van der Waals surface area contributed by atoms with Crippen LogP contribution in [0.15, 0.2) is 48.6 Å². The van der Waals surface area contributed by atoms with E-state index in [0.29, 0.717) is 12.8 Å². The van der Waals surface area contributed by atoms with Crippen molar-refractivity contribution in [2.24, 2.45) is 0 Å². The molecule has 17 atom stereocenters. The first kappa shape index (κ1) is 92.0. The van der Waals surface area contributed by atoms with Crippen molar-refractivity contribution in [2.75, 3.05) is 26.4 Å². The van der Waals surface area contributed by atoms with Gasteiger partial charge in [-0.2, -0.15) is 0 Å². The Balaban J connectivity index is 1.39. The van der Waals surface area contributed by atoms with Gasteiger partial charge in [-0.1, -0.05) is 306 Å². The van der Waals surface area contributed by atoms with Gasteiger partial charge in [0.2, 0.25) is 5.91 Å². The predicted molar refractivity (Wildman–Crippen MR) is 397 cm³/mol. The third-order valence-corrected chi connectivity index (χ3v) is 20.3. The molecule has 3 fully saturated rings. The van der Waals surface area contributed by atoms with Crippen molar-refractivity contribution < 1.29 is 89.4 Å². The number of unbranched alkanes of at least 4 members (excludes halogenated alkanes) is 43. The summed E-state index contributed by atoms with van der Waals surface area (Å²) in [6.45, 7) is 1.75. The Morgan fingerprint density at radius 2 is 0.670 bits per heavy atom. The topological polar surface area (TPSA) is 307 Å². The molecule has 12 N–H and O–H groups in total. The molecule has 0 aromatic carbocycles. The fourth-order valence-corrected chi connectivity index (χ4v) is 13.8. The molecule has 0 bridgehead atoms. The third kappa shape index (κ3) is 41.6. The minimum absolute atomic E-state index is 0.236. The molecular weight excluding hydrogens is 1270 g/mol. The Bertz CT molecular complexity index is 1990. The molecule has 100 heavy (non-hydrogen) atoms. The van der Waals surface area contributed by atoms with E-state index in [0.717, 1.165) is 44.9 Å². The second-order valence-electron chi connectivity index (χ2n) is 29.2. The van der Waals surface area contributed by atoms with E-state index in [-0.39, 0.29) is 18.9 Å². The van der Waals surface area contributed by atoms with Gasteiger partial charge in [-0.25, -0.2) is 0 Å². The van der Waals surface area contributed by atoms with Gasteiger partial charge in [0.05, 0.1) is 38.6 Å². The van der Waals surface area contributed by atoms with Crippen molar-refractivity contribution >= 4 is 5.91 Å². The number of ether oxygens (including phenoxy) is 6. The second kappa shape index (κ2) is 61.9. The van der Waals surface area contributed by atoms with E-state index < -0.39 is 124 Å². The highest BCUT2D eigenvalue weighted by Crippen LogP contribution is 2.33. The summed E-state index contributed by atoms with van der Waals surface area (Å²) in [5.74, 6) is -0.281. The normalized spacial score (nSPS) is 26.7. The Labute approximate surface area is 605 Å². The van der Waals surface area contributed by atoms with Crippen LogP contribution < -0.4 is 5.32 Å². The number of nitrogens with one attached hydrogen (secondary N) is 1. The van der Waals surface area contributed by atoms with E-state index in [2.05, 4.69) is 55.6 Å². The van der Waals surface area contributed by atoms with Gasteiger partial charge in [-0.15, -0.1) is 0 Å². The summed E-state index contributed by atoms with van der Waals surface area (Å²) in [4.78, 5) is 13.5. The standard InChI is InChI=1S/C81H149NO18/c1-3-5-7-9-11-13-15-17-19-21-23-25-27-29-31-33-34-36-38-40-42-44-46-48-50-52-54-56-58-65(86)64(82-69(87)59-57-55-53-51-49-47-45-43-41-39-37-35-32-30-28-26-24-22-20-18-16-14-12-10-8-6-4-2)63-95-79-75(93)72(90)77(67(61-84)97-79)100-81-76(94)73(91)78(68(62-85)98-81)99-80-74(92)71(89)70(88)66(60-83)96-80/h16,18,22,24,48,50,56,58,64-68,70-81,83-86,88-94H,3-15,17,19-21,23,25-47,49,51-55,57,59-63H2,1-2H3,(H,82,87)/b18-16-,24-22-,50-48+,58-56+. The average molecular weight is 1430 g/mol. The summed E-state index contributed by atoms with van der Waals surface area (Å²) in [6.07, 6.45) is 51.0. The molecule has 3 aliphatic heterocycles. The molecule has 3 rings (SSSR count). The van der Waals surface area contributed by atoms with Gasteiger partial charge in [-0.3, -0.25) is 4.79 Å². The van der Waals surface area contributed by atoms with Gasteiger partial charge >= 0.3 is 0 Å². The van der Waals surface area contributed by atoms with Gasteiger partial charge in [0.25, 0.3) is 0 Å². The van der Waals surface area contributed by atoms with E-state index in [1.54, 1.807) is 6.08 Å². The lowest BCUT2D eigenvalue weighted by atomic mass is 9.96. The molecule has 19 nitrogen and oxygen atoms in total. The fraction of sp³-hybridized carbons (Fsp3) is 0.889. The molecule has 3 heterocycles. The summed E-state index contributed by atoms with van der Waals surface area (Å²) in [5.41, 5.74) is 0. The minimum Gasteiger partial charge on any atom is -0.394 e. The van der Waals surface area contributed by atoms with Crippen LogP contribution in [-0.2, 0) is 33.2 Å². The van der Waals surface area contributed by atoms with Crippen LogP contribution in [0.1, 0.15) is 328 Å². The van der Waals surface area contributed by atoms with E-state index in [9.17, 15) is 61.0 Å². The number of rotatable bonds is 65. The smallest absolute Gasteiger partial charge is 0.220 e. The highest BCUT2D eigenvalue weighted by molar-refractivity contribution is 5.76. The number of hydrogen-bond donors (Lipinski definition) is 12. The van der Waals surface area contributed by atoms with E-state index in [4.69, 9.17) is 28.4 Å². The van der Waals surface area contributed by atoms with Gasteiger partial charge in [0, 0.05) is 6.42 Å². The maximum atomic E-state index is 13.5. The van der Waals surface area contributed by atoms with Crippen LogP contribution in [-0.4, -0.2) is 193 Å². The van der Waals surface area contributed by atoms with Crippen LogP contribution in [0.2, 0.25) is 0 Å². The molecule has 586 valence electrons. The van der Waals surface area contributed by atoms with Crippen LogP contribution in [0.3, 0.4) is 0 Å². The number of carbonyl (C=O) groups excluding carboxylic acids is 1. The molecule has 0 aliphatic carbocycles. The first-order chi connectivity index (χ1) is 48.8. The van der Waals surface area contributed by atoms with Crippen molar-refractivity contribution in [3.05, 3.63) is 48.6 Å². The molecule has 1 amide bonds. The number of aliphatic hydroxyl groups is 11. The molecule has 19 heteroatoms. The summed E-state index contributed by atoms with van der Waals surface area (Å²) in [5, 5.41) is 121. The van der Waals surface area contributed by atoms with E-state index in [1.165, 1.54) is 250 Å². The van der Waals surface area contributed by atoms with Crippen molar-refractivity contribution in [2.45, 2.75) is 433 Å². The highest BCUT2D eigenvalue weighted by Gasteiger charge is 2.54. The fourth-order valence-electron chi connectivity index (χ4n) is 13.8. The lowest BCUT2D eigenvalue weighted by Crippen LogP contribution is -2.66. The Morgan fingerprint density at radius 1 is 0.360 bits per heavy atom. The lowest BCUT2D eigenvalue weighted by Gasteiger charge is -2.48.